The Hall–Kier alpha value is -3.07. The number of halogens is 1. The standard InChI is InChI=1S/C19H22ClN3O6/c1-11(2)8-23-17(21)16(18(26)22(3)19(23)27)14(24)9-29-15(25)10-28-13-6-4-12(20)5-7-13/h4-7,11H,8-10,21H2,1-3H3. The highest BCUT2D eigenvalue weighted by Crippen LogP contribution is 2.15. The Morgan fingerprint density at radius 1 is 1.14 bits per heavy atom. The highest BCUT2D eigenvalue weighted by molar-refractivity contribution is 6.30. The lowest BCUT2D eigenvalue weighted by atomic mass is 10.1. The van der Waals surface area contributed by atoms with Crippen molar-refractivity contribution in [2.24, 2.45) is 13.0 Å². The average molecular weight is 424 g/mol. The molecule has 0 fully saturated rings. The van der Waals surface area contributed by atoms with E-state index in [2.05, 4.69) is 0 Å². The molecule has 0 aliphatic rings. The van der Waals surface area contributed by atoms with Crippen molar-refractivity contribution in [2.45, 2.75) is 20.4 Å². The molecule has 2 rings (SSSR count). The van der Waals surface area contributed by atoms with Gasteiger partial charge < -0.3 is 15.2 Å². The molecule has 0 radical (unpaired) electrons. The molecule has 9 nitrogen and oxygen atoms in total. The molecule has 0 saturated carbocycles. The summed E-state index contributed by atoms with van der Waals surface area (Å²) in [6.07, 6.45) is 0. The number of hydrogen-bond donors (Lipinski definition) is 1. The van der Waals surface area contributed by atoms with E-state index in [1.807, 2.05) is 13.8 Å². The molecule has 10 heteroatoms. The summed E-state index contributed by atoms with van der Waals surface area (Å²) in [6.45, 7) is 2.81. The number of anilines is 1. The average Bonchev–Trinajstić information content (AvgIpc) is 2.67. The summed E-state index contributed by atoms with van der Waals surface area (Å²) in [6, 6.07) is 6.33. The maximum Gasteiger partial charge on any atom is 0.344 e. The Labute approximate surface area is 171 Å². The first kappa shape index (κ1) is 22.2. The number of nitrogen functional groups attached to an aromatic ring is 1. The van der Waals surface area contributed by atoms with Crippen molar-refractivity contribution in [3.05, 3.63) is 55.7 Å². The Bertz CT molecular complexity index is 1020. The fourth-order valence-electron chi connectivity index (χ4n) is 2.52. The van der Waals surface area contributed by atoms with Crippen LogP contribution < -0.4 is 21.7 Å². The van der Waals surface area contributed by atoms with Crippen LogP contribution in [0.2, 0.25) is 5.02 Å². The van der Waals surface area contributed by atoms with Gasteiger partial charge in [0.25, 0.3) is 5.56 Å². The molecule has 0 aliphatic heterocycles. The number of carbonyl (C=O) groups excluding carboxylic acids is 2. The first-order valence-electron chi connectivity index (χ1n) is 8.78. The van der Waals surface area contributed by atoms with Crippen LogP contribution in [0.1, 0.15) is 24.2 Å². The van der Waals surface area contributed by atoms with Gasteiger partial charge in [0, 0.05) is 18.6 Å². The SMILES string of the molecule is CC(C)Cn1c(N)c(C(=O)COC(=O)COc2ccc(Cl)cc2)c(=O)n(C)c1=O. The first-order valence-corrected chi connectivity index (χ1v) is 9.16. The Morgan fingerprint density at radius 3 is 2.34 bits per heavy atom. The molecule has 156 valence electrons. The number of Topliss-reactive ketones (excluding diaryl/α,β-unsaturated/α-hetero) is 1. The second-order valence-corrected chi connectivity index (χ2v) is 7.17. The van der Waals surface area contributed by atoms with E-state index in [-0.39, 0.29) is 23.8 Å². The summed E-state index contributed by atoms with van der Waals surface area (Å²) in [4.78, 5) is 48.9. The number of hydrogen-bond acceptors (Lipinski definition) is 7. The van der Waals surface area contributed by atoms with E-state index in [1.165, 1.54) is 7.05 Å². The van der Waals surface area contributed by atoms with Crippen LogP contribution in [0.3, 0.4) is 0 Å². The van der Waals surface area contributed by atoms with E-state index in [4.69, 9.17) is 26.8 Å². The van der Waals surface area contributed by atoms with Gasteiger partial charge in [0.15, 0.2) is 13.2 Å². The lowest BCUT2D eigenvalue weighted by Crippen LogP contribution is -2.43. The van der Waals surface area contributed by atoms with Gasteiger partial charge in [0.1, 0.15) is 17.1 Å². The Kier molecular flexibility index (Phi) is 7.22. The molecule has 1 aromatic carbocycles. The van der Waals surface area contributed by atoms with Crippen LogP contribution in [0.15, 0.2) is 33.9 Å². The molecule has 1 aromatic heterocycles. The van der Waals surface area contributed by atoms with Crippen LogP contribution in [-0.4, -0.2) is 34.1 Å². The number of nitrogens with two attached hydrogens (primary N) is 1. The van der Waals surface area contributed by atoms with Crippen molar-refractivity contribution in [1.82, 2.24) is 9.13 Å². The summed E-state index contributed by atoms with van der Waals surface area (Å²) < 4.78 is 12.1. The van der Waals surface area contributed by atoms with Gasteiger partial charge in [-0.05, 0) is 30.2 Å². The molecule has 0 unspecified atom stereocenters. The molecule has 0 bridgehead atoms. The topological polar surface area (TPSA) is 123 Å². The van der Waals surface area contributed by atoms with Crippen molar-refractivity contribution >= 4 is 29.2 Å². The van der Waals surface area contributed by atoms with E-state index in [1.54, 1.807) is 24.3 Å². The number of carbonyl (C=O) groups is 2. The third kappa shape index (κ3) is 5.47. The number of rotatable bonds is 8. The van der Waals surface area contributed by atoms with Crippen molar-refractivity contribution in [3.8, 4) is 5.75 Å². The second kappa shape index (κ2) is 9.42. The van der Waals surface area contributed by atoms with E-state index in [0.29, 0.717) is 10.8 Å². The molecule has 2 N–H and O–H groups in total. The number of ketones is 1. The maximum absolute atomic E-state index is 12.5. The highest BCUT2D eigenvalue weighted by atomic mass is 35.5. The van der Waals surface area contributed by atoms with Crippen LogP contribution in [0.5, 0.6) is 5.75 Å². The van der Waals surface area contributed by atoms with Crippen molar-refractivity contribution in [1.29, 1.82) is 0 Å². The first-order chi connectivity index (χ1) is 13.6. The lowest BCUT2D eigenvalue weighted by Gasteiger charge is -2.16. The molecule has 0 amide bonds. The Morgan fingerprint density at radius 2 is 1.76 bits per heavy atom. The van der Waals surface area contributed by atoms with Crippen LogP contribution >= 0.6 is 11.6 Å². The third-order valence-corrected chi connectivity index (χ3v) is 4.20. The zero-order valence-corrected chi connectivity index (χ0v) is 17.1. The number of aromatic nitrogens is 2. The van der Waals surface area contributed by atoms with Gasteiger partial charge >= 0.3 is 11.7 Å². The molecule has 0 spiro atoms. The summed E-state index contributed by atoms with van der Waals surface area (Å²) >= 11 is 5.76. The van der Waals surface area contributed by atoms with Gasteiger partial charge in [0.05, 0.1) is 0 Å². The van der Waals surface area contributed by atoms with Gasteiger partial charge in [-0.1, -0.05) is 25.4 Å². The largest absolute Gasteiger partial charge is 0.482 e. The Balaban J connectivity index is 2.09. The zero-order valence-electron chi connectivity index (χ0n) is 16.3. The van der Waals surface area contributed by atoms with Crippen molar-refractivity contribution < 1.29 is 19.1 Å². The molecule has 2 aromatic rings. The van der Waals surface area contributed by atoms with Crippen LogP contribution in [-0.2, 0) is 23.1 Å². The summed E-state index contributed by atoms with van der Waals surface area (Å²) in [5, 5.41) is 0.517. The smallest absolute Gasteiger partial charge is 0.344 e. The van der Waals surface area contributed by atoms with Gasteiger partial charge in [-0.3, -0.25) is 18.7 Å². The fourth-order valence-corrected chi connectivity index (χ4v) is 2.65. The number of esters is 1. The number of benzene rings is 1. The molecule has 1 heterocycles. The van der Waals surface area contributed by atoms with Crippen LogP contribution in [0, 0.1) is 5.92 Å². The van der Waals surface area contributed by atoms with Gasteiger partial charge in [0.2, 0.25) is 5.78 Å². The van der Waals surface area contributed by atoms with Gasteiger partial charge in [-0.25, -0.2) is 9.59 Å². The quantitative estimate of drug-likeness (QED) is 0.500. The molecular weight excluding hydrogens is 402 g/mol. The highest BCUT2D eigenvalue weighted by Gasteiger charge is 2.23. The normalized spacial score (nSPS) is 10.8. The van der Waals surface area contributed by atoms with Gasteiger partial charge in [-0.2, -0.15) is 0 Å². The second-order valence-electron chi connectivity index (χ2n) is 6.74. The zero-order chi connectivity index (χ0) is 21.7. The molecular formula is C19H22ClN3O6. The van der Waals surface area contributed by atoms with Crippen molar-refractivity contribution in [2.75, 3.05) is 18.9 Å². The number of ether oxygens (including phenoxy) is 2. The van der Waals surface area contributed by atoms with E-state index in [0.717, 1.165) is 9.13 Å². The molecule has 0 saturated heterocycles. The van der Waals surface area contributed by atoms with E-state index < -0.39 is 36.2 Å². The van der Waals surface area contributed by atoms with Crippen LogP contribution in [0.25, 0.3) is 0 Å². The molecule has 0 atom stereocenters. The monoisotopic (exact) mass is 423 g/mol. The predicted octanol–water partition coefficient (Wildman–Crippen LogP) is 1.24. The maximum atomic E-state index is 12.5. The fraction of sp³-hybridized carbons (Fsp3) is 0.368. The minimum Gasteiger partial charge on any atom is -0.482 e. The number of nitrogens with zero attached hydrogens (tertiary/aromatic N) is 2. The minimum atomic E-state index is -0.842. The summed E-state index contributed by atoms with van der Waals surface area (Å²) in [7, 11) is 1.25. The van der Waals surface area contributed by atoms with E-state index in [9.17, 15) is 19.2 Å². The third-order valence-electron chi connectivity index (χ3n) is 3.94. The van der Waals surface area contributed by atoms with Crippen LogP contribution in [0.4, 0.5) is 5.82 Å². The molecule has 29 heavy (non-hydrogen) atoms. The summed E-state index contributed by atoms with van der Waals surface area (Å²) in [5.41, 5.74) is 4.06. The lowest BCUT2D eigenvalue weighted by molar-refractivity contribution is -0.144. The summed E-state index contributed by atoms with van der Waals surface area (Å²) in [5.74, 6) is -1.40. The van der Waals surface area contributed by atoms with Gasteiger partial charge in [-0.15, -0.1) is 0 Å². The minimum absolute atomic E-state index is 0.0540. The molecule has 0 aliphatic carbocycles. The van der Waals surface area contributed by atoms with Crippen molar-refractivity contribution in [3.63, 3.8) is 0 Å². The predicted molar refractivity (Wildman–Crippen MR) is 107 cm³/mol. The van der Waals surface area contributed by atoms with E-state index >= 15 is 0 Å².